The molecule has 1 atom stereocenters. The van der Waals surface area contributed by atoms with Gasteiger partial charge in [0.2, 0.25) is 11.9 Å². The number of hydrogen-bond donors (Lipinski definition) is 1. The van der Waals surface area contributed by atoms with Gasteiger partial charge in [-0.15, -0.1) is 0 Å². The van der Waals surface area contributed by atoms with Crippen LogP contribution in [-0.2, 0) is 0 Å². The largest absolute Gasteiger partial charge is 0.461 e. The number of hydrogen-bond acceptors (Lipinski definition) is 7. The van der Waals surface area contributed by atoms with Crippen LogP contribution in [0.2, 0.25) is 0 Å². The smallest absolute Gasteiger partial charge is 0.323 e. The van der Waals surface area contributed by atoms with Crippen LogP contribution < -0.4 is 15.4 Å². The van der Waals surface area contributed by atoms with Crippen molar-refractivity contribution in [3.05, 3.63) is 0 Å². The average molecular weight is 269 g/mol. The molecule has 1 fully saturated rings. The first-order valence-electron chi connectivity index (χ1n) is 6.09. The summed E-state index contributed by atoms with van der Waals surface area (Å²) in [5.74, 6) is 2.98. The van der Waals surface area contributed by atoms with Gasteiger partial charge in [0.15, 0.2) is 0 Å². The summed E-state index contributed by atoms with van der Waals surface area (Å²) in [7, 11) is 0. The molecule has 100 valence electrons. The average Bonchev–Trinajstić information content (AvgIpc) is 2.27. The number of nitrogens with two attached hydrogens (primary N) is 1. The van der Waals surface area contributed by atoms with E-state index in [-0.39, 0.29) is 12.1 Å². The fraction of sp³-hybridized carbons (Fsp3) is 0.727. The Labute approximate surface area is 111 Å². The van der Waals surface area contributed by atoms with E-state index in [1.807, 2.05) is 25.6 Å². The molecule has 6 nitrogen and oxygen atoms in total. The second-order valence-electron chi connectivity index (χ2n) is 4.56. The van der Waals surface area contributed by atoms with Crippen LogP contribution in [0.5, 0.6) is 6.01 Å². The van der Waals surface area contributed by atoms with E-state index >= 15 is 0 Å². The van der Waals surface area contributed by atoms with Crippen molar-refractivity contribution in [1.29, 1.82) is 0 Å². The minimum absolute atomic E-state index is 0.0222. The molecule has 1 aliphatic heterocycles. The monoisotopic (exact) mass is 269 g/mol. The molecule has 1 aromatic rings. The van der Waals surface area contributed by atoms with Gasteiger partial charge in [0, 0.05) is 24.1 Å². The van der Waals surface area contributed by atoms with E-state index in [0.717, 1.165) is 18.1 Å². The molecule has 0 spiro atoms. The van der Waals surface area contributed by atoms with Crippen LogP contribution in [0.15, 0.2) is 0 Å². The highest BCUT2D eigenvalue weighted by Crippen LogP contribution is 2.22. The quantitative estimate of drug-likeness (QED) is 0.883. The molecule has 1 saturated heterocycles. The Hall–Kier alpha value is -1.24. The summed E-state index contributed by atoms with van der Waals surface area (Å²) in [6.45, 7) is 6.95. The minimum atomic E-state index is 0.0222. The molecule has 0 saturated carbocycles. The fourth-order valence-electron chi connectivity index (χ4n) is 1.78. The summed E-state index contributed by atoms with van der Waals surface area (Å²) >= 11 is 1.95. The third kappa shape index (κ3) is 3.16. The van der Waals surface area contributed by atoms with Crippen LogP contribution in [0.1, 0.15) is 20.8 Å². The van der Waals surface area contributed by atoms with Crippen molar-refractivity contribution in [1.82, 2.24) is 15.0 Å². The summed E-state index contributed by atoms with van der Waals surface area (Å²) in [6.07, 6.45) is 0.0222. The predicted molar refractivity (Wildman–Crippen MR) is 74.1 cm³/mol. The summed E-state index contributed by atoms with van der Waals surface area (Å²) in [4.78, 5) is 14.7. The predicted octanol–water partition coefficient (Wildman–Crippen LogP) is 1.18. The van der Waals surface area contributed by atoms with Crippen molar-refractivity contribution in [2.75, 3.05) is 28.7 Å². The van der Waals surface area contributed by atoms with Gasteiger partial charge in [-0.25, -0.2) is 0 Å². The zero-order valence-corrected chi connectivity index (χ0v) is 11.8. The van der Waals surface area contributed by atoms with Gasteiger partial charge in [-0.3, -0.25) is 0 Å². The van der Waals surface area contributed by atoms with E-state index in [4.69, 9.17) is 10.5 Å². The van der Waals surface area contributed by atoms with Crippen LogP contribution in [0.25, 0.3) is 0 Å². The van der Waals surface area contributed by atoms with Gasteiger partial charge in [0.1, 0.15) is 0 Å². The molecule has 0 radical (unpaired) electrons. The molecule has 0 aromatic carbocycles. The Morgan fingerprint density at radius 3 is 2.83 bits per heavy atom. The number of rotatable bonds is 3. The first-order chi connectivity index (χ1) is 8.56. The zero-order valence-electron chi connectivity index (χ0n) is 11.0. The summed E-state index contributed by atoms with van der Waals surface area (Å²) < 4.78 is 5.49. The Bertz CT molecular complexity index is 414. The molecular weight excluding hydrogens is 250 g/mol. The van der Waals surface area contributed by atoms with Crippen molar-refractivity contribution in [2.24, 2.45) is 0 Å². The van der Waals surface area contributed by atoms with Crippen LogP contribution in [0, 0.1) is 0 Å². The number of aromatic nitrogens is 3. The van der Waals surface area contributed by atoms with Gasteiger partial charge in [-0.1, -0.05) is 0 Å². The Morgan fingerprint density at radius 2 is 2.17 bits per heavy atom. The molecule has 18 heavy (non-hydrogen) atoms. The van der Waals surface area contributed by atoms with Crippen LogP contribution in [0.4, 0.5) is 11.9 Å². The first kappa shape index (κ1) is 13.2. The lowest BCUT2D eigenvalue weighted by molar-refractivity contribution is 0.222. The van der Waals surface area contributed by atoms with E-state index < -0.39 is 0 Å². The first-order valence-corrected chi connectivity index (χ1v) is 7.24. The van der Waals surface area contributed by atoms with Gasteiger partial charge < -0.3 is 15.4 Å². The highest BCUT2D eigenvalue weighted by Gasteiger charge is 2.22. The molecule has 1 unspecified atom stereocenters. The van der Waals surface area contributed by atoms with Crippen molar-refractivity contribution in [3.63, 3.8) is 0 Å². The molecule has 0 amide bonds. The molecule has 2 heterocycles. The molecular formula is C11H19N5OS. The van der Waals surface area contributed by atoms with E-state index in [2.05, 4.69) is 26.8 Å². The van der Waals surface area contributed by atoms with Crippen LogP contribution in [0.3, 0.4) is 0 Å². The number of nitrogens with zero attached hydrogens (tertiary/aromatic N) is 4. The Morgan fingerprint density at radius 1 is 1.39 bits per heavy atom. The normalized spacial score (nSPS) is 20.2. The van der Waals surface area contributed by atoms with Crippen LogP contribution >= 0.6 is 11.8 Å². The fourth-order valence-corrected chi connectivity index (χ4v) is 2.79. The number of thioether (sulfide) groups is 1. The zero-order chi connectivity index (χ0) is 13.1. The summed E-state index contributed by atoms with van der Waals surface area (Å²) in [5, 5.41) is 0. The lowest BCUT2D eigenvalue weighted by Gasteiger charge is -2.33. The Balaban J connectivity index is 2.23. The van der Waals surface area contributed by atoms with Crippen molar-refractivity contribution >= 4 is 23.7 Å². The highest BCUT2D eigenvalue weighted by atomic mass is 32.2. The SMILES string of the molecule is CC(C)Oc1nc(N)nc(N2CCSCC2C)n1. The molecule has 0 bridgehead atoms. The summed E-state index contributed by atoms with van der Waals surface area (Å²) in [5.41, 5.74) is 5.71. The lowest BCUT2D eigenvalue weighted by atomic mass is 10.3. The third-order valence-corrected chi connectivity index (χ3v) is 3.78. The lowest BCUT2D eigenvalue weighted by Crippen LogP contribution is -2.41. The number of ether oxygens (including phenoxy) is 1. The maximum Gasteiger partial charge on any atom is 0.323 e. The van der Waals surface area contributed by atoms with Crippen molar-refractivity contribution < 1.29 is 4.74 Å². The maximum absolute atomic E-state index is 5.71. The molecule has 0 aliphatic carbocycles. The Kier molecular flexibility index (Phi) is 4.11. The highest BCUT2D eigenvalue weighted by molar-refractivity contribution is 7.99. The van der Waals surface area contributed by atoms with Crippen molar-refractivity contribution in [3.8, 4) is 6.01 Å². The molecule has 2 N–H and O–H groups in total. The standard InChI is InChI=1S/C11H19N5OS/c1-7(2)17-11-14-9(12)13-10(15-11)16-4-5-18-6-8(16)3/h7-8H,4-6H2,1-3H3,(H2,12,13,14,15). The second kappa shape index (κ2) is 5.60. The summed E-state index contributed by atoms with van der Waals surface area (Å²) in [6, 6.07) is 0.704. The van der Waals surface area contributed by atoms with Gasteiger partial charge >= 0.3 is 6.01 Å². The number of nitrogen functional groups attached to an aromatic ring is 1. The molecule has 7 heteroatoms. The third-order valence-electron chi connectivity index (χ3n) is 2.59. The van der Waals surface area contributed by atoms with E-state index in [1.165, 1.54) is 0 Å². The number of anilines is 2. The van der Waals surface area contributed by atoms with Crippen molar-refractivity contribution in [2.45, 2.75) is 32.9 Å². The van der Waals surface area contributed by atoms with Gasteiger partial charge in [0.05, 0.1) is 6.10 Å². The van der Waals surface area contributed by atoms with Gasteiger partial charge in [-0.2, -0.15) is 26.7 Å². The molecule has 2 rings (SSSR count). The topological polar surface area (TPSA) is 77.2 Å². The van der Waals surface area contributed by atoms with E-state index in [1.54, 1.807) is 0 Å². The van der Waals surface area contributed by atoms with Gasteiger partial charge in [-0.05, 0) is 20.8 Å². The minimum Gasteiger partial charge on any atom is -0.461 e. The van der Waals surface area contributed by atoms with E-state index in [9.17, 15) is 0 Å². The van der Waals surface area contributed by atoms with Crippen LogP contribution in [-0.4, -0.2) is 45.1 Å². The van der Waals surface area contributed by atoms with Gasteiger partial charge in [0.25, 0.3) is 0 Å². The maximum atomic E-state index is 5.71. The van der Waals surface area contributed by atoms with E-state index in [0.29, 0.717) is 18.0 Å². The molecule has 1 aliphatic rings. The molecule has 1 aromatic heterocycles. The second-order valence-corrected chi connectivity index (χ2v) is 5.71.